The first-order valence-corrected chi connectivity index (χ1v) is 10.7. The average Bonchev–Trinajstić information content (AvgIpc) is 2.82. The van der Waals surface area contributed by atoms with Gasteiger partial charge in [-0.2, -0.15) is 0 Å². The number of rotatable bonds is 9. The third-order valence-corrected chi connectivity index (χ3v) is 5.40. The standard InChI is InChI=1S/C24H31N3O5/c1-30-20-13-18(14-21(31-2)23(20)32-3)24(29)25-15-22(28)26-19-9-7-8-17(12-19)16-27-10-5-4-6-11-27/h7-9,12-14H,4-6,10-11,15-16H2,1-3H3,(H,25,29)(H,26,28). The Morgan fingerprint density at radius 2 is 1.62 bits per heavy atom. The van der Waals surface area contributed by atoms with Gasteiger partial charge in [-0.15, -0.1) is 0 Å². The van der Waals surface area contributed by atoms with Crippen molar-refractivity contribution in [2.45, 2.75) is 25.8 Å². The number of benzene rings is 2. The van der Waals surface area contributed by atoms with Gasteiger partial charge in [0.25, 0.3) is 5.91 Å². The van der Waals surface area contributed by atoms with Gasteiger partial charge < -0.3 is 24.8 Å². The summed E-state index contributed by atoms with van der Waals surface area (Å²) < 4.78 is 15.8. The summed E-state index contributed by atoms with van der Waals surface area (Å²) in [5, 5.41) is 5.48. The van der Waals surface area contributed by atoms with E-state index in [-0.39, 0.29) is 12.5 Å². The van der Waals surface area contributed by atoms with Crippen molar-refractivity contribution in [1.29, 1.82) is 0 Å². The maximum Gasteiger partial charge on any atom is 0.251 e. The molecule has 2 amide bonds. The van der Waals surface area contributed by atoms with Crippen LogP contribution in [-0.2, 0) is 11.3 Å². The van der Waals surface area contributed by atoms with Crippen molar-refractivity contribution in [3.63, 3.8) is 0 Å². The monoisotopic (exact) mass is 441 g/mol. The number of amides is 2. The van der Waals surface area contributed by atoms with E-state index in [2.05, 4.69) is 21.6 Å². The minimum absolute atomic E-state index is 0.161. The SMILES string of the molecule is COc1cc(C(=O)NCC(=O)Nc2cccc(CN3CCCCC3)c2)cc(OC)c1OC. The molecule has 0 unspecified atom stereocenters. The second-order valence-corrected chi connectivity index (χ2v) is 7.68. The number of anilines is 1. The number of hydrogen-bond acceptors (Lipinski definition) is 6. The highest BCUT2D eigenvalue weighted by Crippen LogP contribution is 2.38. The lowest BCUT2D eigenvalue weighted by Gasteiger charge is -2.26. The molecule has 0 aliphatic carbocycles. The molecule has 32 heavy (non-hydrogen) atoms. The average molecular weight is 442 g/mol. The van der Waals surface area contributed by atoms with Crippen molar-refractivity contribution in [3.8, 4) is 17.2 Å². The largest absolute Gasteiger partial charge is 0.493 e. The first kappa shape index (κ1) is 23.4. The van der Waals surface area contributed by atoms with E-state index in [1.165, 1.54) is 40.6 Å². The van der Waals surface area contributed by atoms with Crippen molar-refractivity contribution in [2.24, 2.45) is 0 Å². The van der Waals surface area contributed by atoms with E-state index >= 15 is 0 Å². The summed E-state index contributed by atoms with van der Waals surface area (Å²) in [5.74, 6) is 0.409. The summed E-state index contributed by atoms with van der Waals surface area (Å²) in [4.78, 5) is 27.4. The number of methoxy groups -OCH3 is 3. The lowest BCUT2D eigenvalue weighted by molar-refractivity contribution is -0.115. The highest BCUT2D eigenvalue weighted by atomic mass is 16.5. The van der Waals surface area contributed by atoms with Crippen LogP contribution in [-0.4, -0.2) is 57.7 Å². The number of ether oxygens (including phenoxy) is 3. The van der Waals surface area contributed by atoms with Gasteiger partial charge in [-0.05, 0) is 55.8 Å². The van der Waals surface area contributed by atoms with Gasteiger partial charge in [0, 0.05) is 17.8 Å². The summed E-state index contributed by atoms with van der Waals surface area (Å²) in [6.07, 6.45) is 3.78. The van der Waals surface area contributed by atoms with Crippen LogP contribution in [0.4, 0.5) is 5.69 Å². The molecular weight excluding hydrogens is 410 g/mol. The van der Waals surface area contributed by atoms with Gasteiger partial charge in [-0.3, -0.25) is 14.5 Å². The molecule has 1 saturated heterocycles. The molecule has 1 fully saturated rings. The Bertz CT molecular complexity index is 916. The molecule has 0 radical (unpaired) electrons. The molecule has 8 heteroatoms. The lowest BCUT2D eigenvalue weighted by Crippen LogP contribution is -2.33. The second kappa shape index (κ2) is 11.4. The quantitative estimate of drug-likeness (QED) is 0.622. The number of piperidine rings is 1. The fraction of sp³-hybridized carbons (Fsp3) is 0.417. The van der Waals surface area contributed by atoms with E-state index < -0.39 is 5.91 Å². The van der Waals surface area contributed by atoms with Crippen molar-refractivity contribution < 1.29 is 23.8 Å². The second-order valence-electron chi connectivity index (χ2n) is 7.68. The zero-order valence-corrected chi connectivity index (χ0v) is 18.9. The smallest absolute Gasteiger partial charge is 0.251 e. The Balaban J connectivity index is 1.57. The number of carbonyl (C=O) groups excluding carboxylic acids is 2. The van der Waals surface area contributed by atoms with Gasteiger partial charge in [0.2, 0.25) is 11.7 Å². The van der Waals surface area contributed by atoms with Crippen LogP contribution in [0.25, 0.3) is 0 Å². The van der Waals surface area contributed by atoms with Gasteiger partial charge in [-0.1, -0.05) is 18.6 Å². The van der Waals surface area contributed by atoms with Crippen LogP contribution in [0.5, 0.6) is 17.2 Å². The molecule has 0 atom stereocenters. The minimum atomic E-state index is -0.418. The minimum Gasteiger partial charge on any atom is -0.493 e. The van der Waals surface area contributed by atoms with Gasteiger partial charge >= 0.3 is 0 Å². The van der Waals surface area contributed by atoms with Crippen LogP contribution >= 0.6 is 0 Å². The van der Waals surface area contributed by atoms with Gasteiger partial charge in [0.15, 0.2) is 11.5 Å². The van der Waals surface area contributed by atoms with E-state index in [4.69, 9.17) is 14.2 Å². The molecule has 0 bridgehead atoms. The molecule has 3 rings (SSSR count). The Morgan fingerprint density at radius 3 is 2.25 bits per heavy atom. The zero-order valence-electron chi connectivity index (χ0n) is 18.9. The molecule has 0 spiro atoms. The maximum absolute atomic E-state index is 12.6. The van der Waals surface area contributed by atoms with E-state index in [1.54, 1.807) is 12.1 Å². The highest BCUT2D eigenvalue weighted by Gasteiger charge is 2.17. The summed E-state index contributed by atoms with van der Waals surface area (Å²) in [6, 6.07) is 10.9. The van der Waals surface area contributed by atoms with E-state index in [0.717, 1.165) is 25.2 Å². The topological polar surface area (TPSA) is 89.1 Å². The number of hydrogen-bond donors (Lipinski definition) is 2. The van der Waals surface area contributed by atoms with Crippen LogP contribution in [0.2, 0.25) is 0 Å². The molecule has 0 aromatic heterocycles. The highest BCUT2D eigenvalue weighted by molar-refractivity contribution is 6.00. The number of likely N-dealkylation sites (tertiary alicyclic amines) is 1. The van der Waals surface area contributed by atoms with E-state index in [9.17, 15) is 9.59 Å². The molecule has 1 aliphatic heterocycles. The fourth-order valence-electron chi connectivity index (χ4n) is 3.80. The van der Waals surface area contributed by atoms with Crippen molar-refractivity contribution >= 4 is 17.5 Å². The molecule has 0 saturated carbocycles. The van der Waals surface area contributed by atoms with Crippen LogP contribution < -0.4 is 24.8 Å². The van der Waals surface area contributed by atoms with Crippen LogP contribution in [0.15, 0.2) is 36.4 Å². The predicted molar refractivity (Wildman–Crippen MR) is 123 cm³/mol. The molecule has 172 valence electrons. The molecule has 2 aromatic rings. The lowest BCUT2D eigenvalue weighted by atomic mass is 10.1. The van der Waals surface area contributed by atoms with Gasteiger partial charge in [-0.25, -0.2) is 0 Å². The Kier molecular flexibility index (Phi) is 8.33. The molecule has 8 nitrogen and oxygen atoms in total. The number of nitrogens with one attached hydrogen (secondary N) is 2. The Labute approximate surface area is 188 Å². The number of carbonyl (C=O) groups is 2. The van der Waals surface area contributed by atoms with Crippen LogP contribution in [0.3, 0.4) is 0 Å². The van der Waals surface area contributed by atoms with Crippen molar-refractivity contribution in [1.82, 2.24) is 10.2 Å². The summed E-state index contributed by atoms with van der Waals surface area (Å²) in [5.41, 5.74) is 2.17. The molecule has 2 aromatic carbocycles. The predicted octanol–water partition coefficient (Wildman–Crippen LogP) is 3.07. The van der Waals surface area contributed by atoms with E-state index in [1.807, 2.05) is 18.2 Å². The third kappa shape index (κ3) is 6.13. The third-order valence-electron chi connectivity index (χ3n) is 5.40. The summed E-state index contributed by atoms with van der Waals surface area (Å²) in [7, 11) is 4.45. The Morgan fingerprint density at radius 1 is 0.938 bits per heavy atom. The van der Waals surface area contributed by atoms with Gasteiger partial charge in [0.1, 0.15) is 0 Å². The van der Waals surface area contributed by atoms with Gasteiger partial charge in [0.05, 0.1) is 27.9 Å². The molecule has 1 aliphatic rings. The van der Waals surface area contributed by atoms with E-state index in [0.29, 0.717) is 28.5 Å². The molecule has 1 heterocycles. The summed E-state index contributed by atoms with van der Waals surface area (Å²) >= 11 is 0. The first-order chi connectivity index (χ1) is 15.5. The summed E-state index contributed by atoms with van der Waals surface area (Å²) in [6.45, 7) is 2.94. The number of nitrogens with zero attached hydrogens (tertiary/aromatic N) is 1. The first-order valence-electron chi connectivity index (χ1n) is 10.7. The van der Waals surface area contributed by atoms with Crippen molar-refractivity contribution in [2.75, 3.05) is 46.3 Å². The van der Waals surface area contributed by atoms with Crippen LogP contribution in [0, 0.1) is 0 Å². The zero-order chi connectivity index (χ0) is 22.9. The van der Waals surface area contributed by atoms with Crippen LogP contribution in [0.1, 0.15) is 35.2 Å². The Hall–Kier alpha value is -3.26. The molecule has 2 N–H and O–H groups in total. The maximum atomic E-state index is 12.6. The van der Waals surface area contributed by atoms with Crippen molar-refractivity contribution in [3.05, 3.63) is 47.5 Å². The normalized spacial score (nSPS) is 13.8. The molecular formula is C24H31N3O5. The fourth-order valence-corrected chi connectivity index (χ4v) is 3.80.